The molecule has 0 spiro atoms. The summed E-state index contributed by atoms with van der Waals surface area (Å²) in [5.41, 5.74) is -0.402. The van der Waals surface area contributed by atoms with E-state index in [0.717, 1.165) is 0 Å². The number of halogens is 2. The molecule has 0 heterocycles. The number of benzene rings is 1. The Bertz CT molecular complexity index is 461. The minimum absolute atomic E-state index is 0.317. The van der Waals surface area contributed by atoms with Crippen molar-refractivity contribution in [2.24, 2.45) is 0 Å². The van der Waals surface area contributed by atoms with E-state index in [1.807, 2.05) is 0 Å². The van der Waals surface area contributed by atoms with Crippen LogP contribution in [-0.2, 0) is 0 Å². The Hall–Kier alpha value is -1.17. The third-order valence-electron chi connectivity index (χ3n) is 1.96. The normalized spacial score (nSPS) is 10.7. The Morgan fingerprint density at radius 3 is 2.62 bits per heavy atom. The van der Waals surface area contributed by atoms with Crippen LogP contribution >= 0.6 is 23.2 Å². The van der Waals surface area contributed by atoms with Gasteiger partial charge in [-0.05, 0) is 32.0 Å². The van der Waals surface area contributed by atoms with Crippen molar-refractivity contribution in [2.75, 3.05) is 0 Å². The fourth-order valence-electron chi connectivity index (χ4n) is 1.06. The smallest absolute Gasteiger partial charge is 0.254 e. The number of nitrogens with one attached hydrogen (secondary N) is 1. The number of rotatable bonds is 2. The fraction of sp³-hybridized carbons (Fsp3) is 0.250. The third-order valence-corrected chi connectivity index (χ3v) is 2.52. The van der Waals surface area contributed by atoms with E-state index in [4.69, 9.17) is 29.6 Å². The zero-order valence-corrected chi connectivity index (χ0v) is 10.5. The summed E-state index contributed by atoms with van der Waals surface area (Å²) in [6.07, 6.45) is 5.28. The van der Waals surface area contributed by atoms with E-state index in [1.165, 1.54) is 6.07 Å². The Morgan fingerprint density at radius 1 is 1.44 bits per heavy atom. The molecule has 0 aliphatic heterocycles. The van der Waals surface area contributed by atoms with Crippen LogP contribution in [0.1, 0.15) is 24.2 Å². The van der Waals surface area contributed by atoms with E-state index in [-0.39, 0.29) is 5.91 Å². The van der Waals surface area contributed by atoms with Gasteiger partial charge in [-0.1, -0.05) is 29.1 Å². The average Bonchev–Trinajstić information content (AvgIpc) is 2.21. The maximum atomic E-state index is 11.8. The van der Waals surface area contributed by atoms with Crippen molar-refractivity contribution in [3.05, 3.63) is 33.8 Å². The summed E-state index contributed by atoms with van der Waals surface area (Å²) in [5.74, 6) is 2.13. The van der Waals surface area contributed by atoms with Gasteiger partial charge in [-0.25, -0.2) is 0 Å². The zero-order valence-electron chi connectivity index (χ0n) is 8.97. The second-order valence-corrected chi connectivity index (χ2v) is 4.69. The van der Waals surface area contributed by atoms with Crippen molar-refractivity contribution < 1.29 is 4.79 Å². The maximum Gasteiger partial charge on any atom is 0.254 e. The number of carbonyl (C=O) groups is 1. The number of terminal acetylenes is 1. The third kappa shape index (κ3) is 3.16. The fourth-order valence-corrected chi connectivity index (χ4v) is 1.43. The molecule has 16 heavy (non-hydrogen) atoms. The first-order chi connectivity index (χ1) is 7.35. The molecule has 2 nitrogen and oxygen atoms in total. The number of amides is 1. The number of carbonyl (C=O) groups excluding carboxylic acids is 1. The zero-order chi connectivity index (χ0) is 12.3. The Morgan fingerprint density at radius 2 is 2.06 bits per heavy atom. The first-order valence-electron chi connectivity index (χ1n) is 4.61. The molecule has 0 atom stereocenters. The van der Waals surface area contributed by atoms with Crippen molar-refractivity contribution in [1.29, 1.82) is 0 Å². The molecule has 84 valence electrons. The second-order valence-electron chi connectivity index (χ2n) is 3.85. The van der Waals surface area contributed by atoms with Crippen molar-refractivity contribution in [2.45, 2.75) is 19.4 Å². The predicted molar refractivity (Wildman–Crippen MR) is 66.8 cm³/mol. The SMILES string of the molecule is C#CC(C)(C)NC(=O)c1cc(Cl)ccc1Cl. The molecule has 1 rings (SSSR count). The Balaban J connectivity index is 2.98. The van der Waals surface area contributed by atoms with Crippen LogP contribution in [-0.4, -0.2) is 11.4 Å². The van der Waals surface area contributed by atoms with Crippen LogP contribution in [0, 0.1) is 12.3 Å². The average molecular weight is 256 g/mol. The highest BCUT2D eigenvalue weighted by molar-refractivity contribution is 6.35. The van der Waals surface area contributed by atoms with Gasteiger partial charge in [-0.15, -0.1) is 6.42 Å². The quantitative estimate of drug-likeness (QED) is 0.809. The van der Waals surface area contributed by atoms with Crippen LogP contribution in [0.3, 0.4) is 0 Å². The van der Waals surface area contributed by atoms with E-state index in [0.29, 0.717) is 15.6 Å². The van der Waals surface area contributed by atoms with E-state index >= 15 is 0 Å². The van der Waals surface area contributed by atoms with E-state index < -0.39 is 5.54 Å². The highest BCUT2D eigenvalue weighted by Crippen LogP contribution is 2.21. The highest BCUT2D eigenvalue weighted by atomic mass is 35.5. The molecule has 0 fully saturated rings. The van der Waals surface area contributed by atoms with E-state index in [9.17, 15) is 4.79 Å². The molecule has 1 N–H and O–H groups in total. The van der Waals surface area contributed by atoms with Crippen molar-refractivity contribution in [3.63, 3.8) is 0 Å². The van der Waals surface area contributed by atoms with Crippen molar-refractivity contribution in [1.82, 2.24) is 5.32 Å². The first-order valence-corrected chi connectivity index (χ1v) is 5.36. The van der Waals surface area contributed by atoms with Gasteiger partial charge in [0.05, 0.1) is 16.1 Å². The van der Waals surface area contributed by atoms with Gasteiger partial charge < -0.3 is 5.32 Å². The topological polar surface area (TPSA) is 29.1 Å². The van der Waals surface area contributed by atoms with Gasteiger partial charge in [0.1, 0.15) is 0 Å². The summed E-state index contributed by atoms with van der Waals surface area (Å²) in [4.78, 5) is 11.8. The number of hydrogen-bond donors (Lipinski definition) is 1. The lowest BCUT2D eigenvalue weighted by atomic mass is 10.1. The lowest BCUT2D eigenvalue weighted by Crippen LogP contribution is -2.42. The predicted octanol–water partition coefficient (Wildman–Crippen LogP) is 3.14. The van der Waals surface area contributed by atoms with Crippen LogP contribution in [0.15, 0.2) is 18.2 Å². The maximum absolute atomic E-state index is 11.8. The standard InChI is InChI=1S/C12H11Cl2NO/c1-4-12(2,3)15-11(16)9-7-8(13)5-6-10(9)14/h1,5-7H,2-3H3,(H,15,16). The van der Waals surface area contributed by atoms with Gasteiger partial charge in [0.15, 0.2) is 0 Å². The lowest BCUT2D eigenvalue weighted by Gasteiger charge is -2.19. The van der Waals surface area contributed by atoms with Gasteiger partial charge in [0, 0.05) is 5.02 Å². The van der Waals surface area contributed by atoms with Crippen LogP contribution in [0.25, 0.3) is 0 Å². The van der Waals surface area contributed by atoms with E-state index in [1.54, 1.807) is 26.0 Å². The van der Waals surface area contributed by atoms with Gasteiger partial charge in [-0.3, -0.25) is 4.79 Å². The largest absolute Gasteiger partial charge is 0.336 e. The minimum Gasteiger partial charge on any atom is -0.336 e. The van der Waals surface area contributed by atoms with Crippen LogP contribution in [0.5, 0.6) is 0 Å². The Kier molecular flexibility index (Phi) is 3.85. The molecule has 1 aromatic rings. The molecule has 1 aromatic carbocycles. The molecule has 0 saturated heterocycles. The van der Waals surface area contributed by atoms with Crippen LogP contribution in [0.4, 0.5) is 0 Å². The van der Waals surface area contributed by atoms with Gasteiger partial charge in [-0.2, -0.15) is 0 Å². The molecule has 0 aromatic heterocycles. The van der Waals surface area contributed by atoms with Gasteiger partial charge in [0.25, 0.3) is 5.91 Å². The first kappa shape index (κ1) is 12.9. The van der Waals surface area contributed by atoms with Crippen LogP contribution < -0.4 is 5.32 Å². The molecule has 0 bridgehead atoms. The molecular weight excluding hydrogens is 245 g/mol. The summed E-state index contributed by atoms with van der Waals surface area (Å²) in [5, 5.41) is 3.47. The summed E-state index contributed by atoms with van der Waals surface area (Å²) in [6.45, 7) is 3.45. The molecular formula is C12H11Cl2NO. The second kappa shape index (κ2) is 4.78. The Labute approximate surface area is 105 Å². The molecule has 1 amide bonds. The van der Waals surface area contributed by atoms with Gasteiger partial charge in [0.2, 0.25) is 0 Å². The minimum atomic E-state index is -0.720. The summed E-state index contributed by atoms with van der Waals surface area (Å²) in [7, 11) is 0. The lowest BCUT2D eigenvalue weighted by molar-refractivity contribution is 0.0930. The van der Waals surface area contributed by atoms with Gasteiger partial charge >= 0.3 is 0 Å². The molecule has 0 aliphatic carbocycles. The highest BCUT2D eigenvalue weighted by Gasteiger charge is 2.19. The molecule has 0 radical (unpaired) electrons. The molecule has 0 unspecified atom stereocenters. The number of hydrogen-bond acceptors (Lipinski definition) is 1. The molecule has 0 aliphatic rings. The van der Waals surface area contributed by atoms with Crippen molar-refractivity contribution >= 4 is 29.1 Å². The van der Waals surface area contributed by atoms with E-state index in [2.05, 4.69) is 11.2 Å². The summed E-state index contributed by atoms with van der Waals surface area (Å²) in [6, 6.07) is 4.69. The van der Waals surface area contributed by atoms with Crippen LogP contribution in [0.2, 0.25) is 10.0 Å². The molecule has 0 saturated carbocycles. The van der Waals surface area contributed by atoms with Crippen molar-refractivity contribution in [3.8, 4) is 12.3 Å². The summed E-state index contributed by atoms with van der Waals surface area (Å²) < 4.78 is 0. The monoisotopic (exact) mass is 255 g/mol. The molecule has 4 heteroatoms. The summed E-state index contributed by atoms with van der Waals surface area (Å²) >= 11 is 11.7.